The molecule has 0 aliphatic rings. The molecule has 4 nitrogen and oxygen atoms in total. The molecule has 5 heteroatoms. The molecule has 1 atom stereocenters. The second-order valence-corrected chi connectivity index (χ2v) is 6.03. The summed E-state index contributed by atoms with van der Waals surface area (Å²) in [7, 11) is 0. The van der Waals surface area contributed by atoms with Gasteiger partial charge in [-0.2, -0.15) is 0 Å². The van der Waals surface area contributed by atoms with Crippen molar-refractivity contribution in [3.63, 3.8) is 0 Å². The number of thioether (sulfide) groups is 1. The molecule has 0 N–H and O–H groups in total. The van der Waals surface area contributed by atoms with E-state index in [4.69, 9.17) is 4.74 Å². The van der Waals surface area contributed by atoms with Gasteiger partial charge in [-0.15, -0.1) is 24.9 Å². The third-order valence-electron chi connectivity index (χ3n) is 2.98. The van der Waals surface area contributed by atoms with E-state index in [1.165, 1.54) is 11.8 Å². The van der Waals surface area contributed by atoms with Crippen molar-refractivity contribution in [3.05, 3.63) is 55.6 Å². The molecule has 1 amide bonds. The maximum Gasteiger partial charge on any atom is 0.319 e. The lowest BCUT2D eigenvalue weighted by atomic mass is 10.2. The van der Waals surface area contributed by atoms with Crippen molar-refractivity contribution in [1.29, 1.82) is 0 Å². The zero-order valence-corrected chi connectivity index (χ0v) is 14.3. The molecule has 0 saturated heterocycles. The minimum atomic E-state index is -0.568. The maximum absolute atomic E-state index is 12.4. The Morgan fingerprint density at radius 3 is 2.35 bits per heavy atom. The fourth-order valence-electron chi connectivity index (χ4n) is 1.95. The fraction of sp³-hybridized carbons (Fsp3) is 0.333. The highest BCUT2D eigenvalue weighted by molar-refractivity contribution is 8.00. The van der Waals surface area contributed by atoms with Crippen LogP contribution in [0.4, 0.5) is 0 Å². The summed E-state index contributed by atoms with van der Waals surface area (Å²) in [6, 6.07) is 9.52. The Morgan fingerprint density at radius 1 is 1.22 bits per heavy atom. The van der Waals surface area contributed by atoms with E-state index < -0.39 is 5.25 Å². The molecule has 0 unspecified atom stereocenters. The van der Waals surface area contributed by atoms with Crippen LogP contribution in [0.3, 0.4) is 0 Å². The lowest BCUT2D eigenvalue weighted by Crippen LogP contribution is -2.35. The van der Waals surface area contributed by atoms with E-state index in [1.54, 1.807) is 24.0 Å². The summed E-state index contributed by atoms with van der Waals surface area (Å²) in [5.41, 5.74) is 0. The summed E-state index contributed by atoms with van der Waals surface area (Å²) >= 11 is 1.34. The Labute approximate surface area is 142 Å². The number of rotatable bonds is 10. The normalized spacial score (nSPS) is 11.3. The molecule has 0 fully saturated rings. The van der Waals surface area contributed by atoms with Crippen molar-refractivity contribution >= 4 is 23.6 Å². The Morgan fingerprint density at radius 2 is 1.83 bits per heavy atom. The standard InChI is InChI=1S/C18H23NO3S/c1-4-12-19(13-5-2)17(20)14-16(18(21)22-6-3)23-15-10-8-7-9-11-15/h4-5,7-11,16H,1-2,6,12-14H2,3H3/t16-/m0/s1. The third-order valence-corrected chi connectivity index (χ3v) is 4.17. The van der Waals surface area contributed by atoms with Crippen molar-refractivity contribution in [1.82, 2.24) is 4.90 Å². The average Bonchev–Trinajstić information content (AvgIpc) is 2.55. The lowest BCUT2D eigenvalue weighted by molar-refractivity contribution is -0.144. The first-order valence-corrected chi connectivity index (χ1v) is 8.38. The van der Waals surface area contributed by atoms with Crippen LogP contribution in [0.25, 0.3) is 0 Å². The first-order valence-electron chi connectivity index (χ1n) is 7.50. The Hall–Kier alpha value is -2.01. The smallest absolute Gasteiger partial charge is 0.319 e. The zero-order valence-electron chi connectivity index (χ0n) is 13.4. The van der Waals surface area contributed by atoms with E-state index in [-0.39, 0.29) is 18.3 Å². The highest BCUT2D eigenvalue weighted by Crippen LogP contribution is 2.26. The fourth-order valence-corrected chi connectivity index (χ4v) is 2.98. The van der Waals surface area contributed by atoms with Gasteiger partial charge in [-0.3, -0.25) is 9.59 Å². The number of benzene rings is 1. The van der Waals surface area contributed by atoms with E-state index in [2.05, 4.69) is 13.2 Å². The van der Waals surface area contributed by atoms with Gasteiger partial charge in [-0.1, -0.05) is 30.4 Å². The number of hydrogen-bond donors (Lipinski definition) is 0. The summed E-state index contributed by atoms with van der Waals surface area (Å²) in [5.74, 6) is -0.488. The van der Waals surface area contributed by atoms with E-state index in [1.807, 2.05) is 30.3 Å². The molecule has 23 heavy (non-hydrogen) atoms. The van der Waals surface area contributed by atoms with E-state index in [0.29, 0.717) is 19.7 Å². The molecular formula is C18H23NO3S. The maximum atomic E-state index is 12.4. The van der Waals surface area contributed by atoms with E-state index in [0.717, 1.165) is 4.90 Å². The van der Waals surface area contributed by atoms with Crippen molar-refractivity contribution in [2.24, 2.45) is 0 Å². The molecule has 0 radical (unpaired) electrons. The van der Waals surface area contributed by atoms with E-state index in [9.17, 15) is 9.59 Å². The van der Waals surface area contributed by atoms with Gasteiger partial charge in [0.05, 0.1) is 6.61 Å². The van der Waals surface area contributed by atoms with Crippen LogP contribution in [0.1, 0.15) is 13.3 Å². The van der Waals surface area contributed by atoms with Crippen LogP contribution >= 0.6 is 11.8 Å². The molecule has 0 aliphatic carbocycles. The number of carbonyl (C=O) groups is 2. The molecule has 1 aromatic rings. The van der Waals surface area contributed by atoms with Gasteiger partial charge in [0.2, 0.25) is 5.91 Å². The van der Waals surface area contributed by atoms with Crippen molar-refractivity contribution < 1.29 is 14.3 Å². The summed E-state index contributed by atoms with van der Waals surface area (Å²) in [5, 5.41) is -0.568. The Balaban J connectivity index is 2.82. The number of hydrogen-bond acceptors (Lipinski definition) is 4. The Bertz CT molecular complexity index is 520. The molecule has 124 valence electrons. The van der Waals surface area contributed by atoms with Crippen LogP contribution in [-0.4, -0.2) is 41.7 Å². The number of ether oxygens (including phenoxy) is 1. The van der Waals surface area contributed by atoms with Crippen molar-refractivity contribution in [2.75, 3.05) is 19.7 Å². The molecule has 0 spiro atoms. The largest absolute Gasteiger partial charge is 0.465 e. The average molecular weight is 333 g/mol. The summed E-state index contributed by atoms with van der Waals surface area (Å²) in [4.78, 5) is 27.1. The van der Waals surface area contributed by atoms with E-state index >= 15 is 0 Å². The van der Waals surface area contributed by atoms with Gasteiger partial charge in [0.1, 0.15) is 5.25 Å². The number of esters is 1. The van der Waals surface area contributed by atoms with Gasteiger partial charge >= 0.3 is 5.97 Å². The van der Waals surface area contributed by atoms with Crippen LogP contribution in [0.2, 0.25) is 0 Å². The van der Waals surface area contributed by atoms with Gasteiger partial charge < -0.3 is 9.64 Å². The predicted molar refractivity (Wildman–Crippen MR) is 94.3 cm³/mol. The first-order chi connectivity index (χ1) is 11.1. The minimum Gasteiger partial charge on any atom is -0.465 e. The van der Waals surface area contributed by atoms with Gasteiger partial charge in [0.25, 0.3) is 0 Å². The molecule has 0 aliphatic heterocycles. The van der Waals surface area contributed by atoms with Gasteiger partial charge in [-0.25, -0.2) is 0 Å². The quantitative estimate of drug-likeness (QED) is 0.374. The lowest BCUT2D eigenvalue weighted by Gasteiger charge is -2.22. The van der Waals surface area contributed by atoms with Crippen LogP contribution in [-0.2, 0) is 14.3 Å². The number of amides is 1. The Kier molecular flexibility index (Phi) is 8.83. The third kappa shape index (κ3) is 6.74. The molecular weight excluding hydrogens is 310 g/mol. The minimum absolute atomic E-state index is 0.0834. The topological polar surface area (TPSA) is 46.6 Å². The predicted octanol–water partition coefficient (Wildman–Crippen LogP) is 3.30. The molecule has 0 saturated carbocycles. The highest BCUT2D eigenvalue weighted by atomic mass is 32.2. The molecule has 1 rings (SSSR count). The summed E-state index contributed by atoms with van der Waals surface area (Å²) in [6.45, 7) is 10.2. The van der Waals surface area contributed by atoms with Crippen LogP contribution < -0.4 is 0 Å². The van der Waals surface area contributed by atoms with Crippen molar-refractivity contribution in [3.8, 4) is 0 Å². The van der Waals surface area contributed by atoms with Gasteiger partial charge in [-0.05, 0) is 19.1 Å². The SMILES string of the molecule is C=CCN(CC=C)C(=O)C[C@H](Sc1ccccc1)C(=O)OCC. The first kappa shape index (κ1) is 19.0. The van der Waals surface area contributed by atoms with Crippen LogP contribution in [0, 0.1) is 0 Å². The monoisotopic (exact) mass is 333 g/mol. The second-order valence-electron chi connectivity index (χ2n) is 4.75. The molecule has 1 aromatic carbocycles. The van der Waals surface area contributed by atoms with Crippen LogP contribution in [0.15, 0.2) is 60.5 Å². The number of nitrogens with zero attached hydrogens (tertiary/aromatic N) is 1. The van der Waals surface area contributed by atoms with Gasteiger partial charge in [0, 0.05) is 24.4 Å². The second kappa shape index (κ2) is 10.7. The highest BCUT2D eigenvalue weighted by Gasteiger charge is 2.26. The van der Waals surface area contributed by atoms with Crippen LogP contribution in [0.5, 0.6) is 0 Å². The molecule has 0 heterocycles. The summed E-state index contributed by atoms with van der Waals surface area (Å²) < 4.78 is 5.11. The summed E-state index contributed by atoms with van der Waals surface area (Å²) in [6.07, 6.45) is 3.40. The van der Waals surface area contributed by atoms with Gasteiger partial charge in [0.15, 0.2) is 0 Å². The number of carbonyl (C=O) groups excluding carboxylic acids is 2. The molecule has 0 aromatic heterocycles. The van der Waals surface area contributed by atoms with Crippen molar-refractivity contribution in [2.45, 2.75) is 23.5 Å². The molecule has 0 bridgehead atoms. The zero-order chi connectivity index (χ0) is 17.1.